The quantitative estimate of drug-likeness (QED) is 0.129. The highest BCUT2D eigenvalue weighted by Gasteiger charge is 2.46. The molecular weight excluding hydrogens is 540 g/mol. The number of esters is 1. The molecule has 1 unspecified atom stereocenters. The first kappa shape index (κ1) is 28.3. The van der Waals surface area contributed by atoms with Crippen LogP contribution >= 0.6 is 0 Å². The summed E-state index contributed by atoms with van der Waals surface area (Å²) in [6.45, 7) is 0.181. The van der Waals surface area contributed by atoms with Crippen LogP contribution in [-0.4, -0.2) is 67.6 Å². The maximum Gasteiger partial charge on any atom is 0.337 e. The van der Waals surface area contributed by atoms with Crippen LogP contribution in [0.1, 0.15) is 33.1 Å². The van der Waals surface area contributed by atoms with Crippen LogP contribution in [-0.2, 0) is 20.7 Å². The molecule has 0 radical (unpaired) electrons. The van der Waals surface area contributed by atoms with E-state index >= 15 is 0 Å². The molecule has 0 bridgehead atoms. The van der Waals surface area contributed by atoms with Gasteiger partial charge in [-0.25, -0.2) is 4.79 Å². The number of hydrogen-bond donors (Lipinski definition) is 2. The lowest BCUT2D eigenvalue weighted by atomic mass is 9.94. The van der Waals surface area contributed by atoms with Crippen LogP contribution in [0.15, 0.2) is 72.4 Å². The Morgan fingerprint density at radius 3 is 2.26 bits per heavy atom. The maximum absolute atomic E-state index is 13.5. The van der Waals surface area contributed by atoms with Gasteiger partial charge in [0.25, 0.3) is 11.7 Å². The number of H-pyrrole nitrogens is 1. The number of aliphatic hydroxyl groups excluding tert-OH is 1. The highest BCUT2D eigenvalue weighted by atomic mass is 16.5. The number of rotatable bonds is 9. The summed E-state index contributed by atoms with van der Waals surface area (Å²) in [6.07, 6.45) is 2.29. The molecule has 0 spiro atoms. The van der Waals surface area contributed by atoms with Crippen LogP contribution in [0, 0.1) is 0 Å². The molecule has 1 amide bonds. The third kappa shape index (κ3) is 5.03. The predicted molar refractivity (Wildman–Crippen MR) is 155 cm³/mol. The summed E-state index contributed by atoms with van der Waals surface area (Å²) in [7, 11) is 5.83. The molecular formula is C32H30N2O8. The molecule has 5 rings (SSSR count). The fourth-order valence-electron chi connectivity index (χ4n) is 5.25. The normalized spacial score (nSPS) is 16.1. The highest BCUT2D eigenvalue weighted by Crippen LogP contribution is 2.41. The number of methoxy groups -OCH3 is 4. The number of nitrogens with one attached hydrogen (secondary N) is 1. The van der Waals surface area contributed by atoms with Crippen molar-refractivity contribution in [3.05, 3.63) is 94.7 Å². The lowest BCUT2D eigenvalue weighted by Crippen LogP contribution is -2.31. The molecule has 0 saturated carbocycles. The highest BCUT2D eigenvalue weighted by molar-refractivity contribution is 6.46. The van der Waals surface area contributed by atoms with Crippen molar-refractivity contribution in [3.63, 3.8) is 0 Å². The average molecular weight is 571 g/mol. The Labute approximate surface area is 242 Å². The van der Waals surface area contributed by atoms with Crippen molar-refractivity contribution in [2.75, 3.05) is 35.0 Å². The van der Waals surface area contributed by atoms with E-state index in [1.807, 2.05) is 24.4 Å². The zero-order chi connectivity index (χ0) is 30.0. The average Bonchev–Trinajstić information content (AvgIpc) is 3.55. The smallest absolute Gasteiger partial charge is 0.337 e. The van der Waals surface area contributed by atoms with Gasteiger partial charge < -0.3 is 33.9 Å². The van der Waals surface area contributed by atoms with Crippen LogP contribution < -0.4 is 14.2 Å². The Balaban J connectivity index is 1.58. The third-order valence-corrected chi connectivity index (χ3v) is 7.44. The Kier molecular flexibility index (Phi) is 7.88. The number of nitrogens with zero attached hydrogens (tertiary/aromatic N) is 1. The molecule has 1 aromatic heterocycles. The van der Waals surface area contributed by atoms with Gasteiger partial charge in [-0.1, -0.05) is 12.1 Å². The third-order valence-electron chi connectivity index (χ3n) is 7.44. The second-order valence-electron chi connectivity index (χ2n) is 9.65. The fourth-order valence-corrected chi connectivity index (χ4v) is 5.25. The number of benzene rings is 3. The predicted octanol–water partition coefficient (Wildman–Crippen LogP) is 4.64. The summed E-state index contributed by atoms with van der Waals surface area (Å²) >= 11 is 0. The number of carbonyl (C=O) groups excluding carboxylic acids is 3. The van der Waals surface area contributed by atoms with Crippen molar-refractivity contribution >= 4 is 34.3 Å². The van der Waals surface area contributed by atoms with Crippen LogP contribution in [0.25, 0.3) is 16.7 Å². The number of Topliss-reactive ketones (excluding diaryl/α,β-unsaturated/α-hetero) is 1. The van der Waals surface area contributed by atoms with Crippen molar-refractivity contribution in [1.82, 2.24) is 9.88 Å². The number of aromatic amines is 1. The van der Waals surface area contributed by atoms with Crippen molar-refractivity contribution < 1.29 is 38.4 Å². The zero-order valence-electron chi connectivity index (χ0n) is 23.6. The van der Waals surface area contributed by atoms with Gasteiger partial charge in [-0.05, 0) is 66.1 Å². The minimum absolute atomic E-state index is 0.0707. The van der Waals surface area contributed by atoms with Gasteiger partial charge in [-0.2, -0.15) is 0 Å². The number of fused-ring (bicyclic) bond motifs is 1. The lowest BCUT2D eigenvalue weighted by molar-refractivity contribution is -0.139. The van der Waals surface area contributed by atoms with Gasteiger partial charge in [0.05, 0.1) is 45.6 Å². The van der Waals surface area contributed by atoms with Crippen molar-refractivity contribution in [1.29, 1.82) is 0 Å². The molecule has 1 aliphatic heterocycles. The Bertz CT molecular complexity index is 1700. The summed E-state index contributed by atoms with van der Waals surface area (Å²) in [6, 6.07) is 15.9. The molecule has 1 aliphatic rings. The summed E-state index contributed by atoms with van der Waals surface area (Å²) in [4.78, 5) is 43.7. The van der Waals surface area contributed by atoms with Gasteiger partial charge in [0, 0.05) is 29.2 Å². The Morgan fingerprint density at radius 1 is 0.881 bits per heavy atom. The van der Waals surface area contributed by atoms with Crippen molar-refractivity contribution in [3.8, 4) is 17.2 Å². The van der Waals surface area contributed by atoms with Crippen LogP contribution in [0.2, 0.25) is 0 Å². The second-order valence-corrected chi connectivity index (χ2v) is 9.65. The molecule has 42 heavy (non-hydrogen) atoms. The maximum atomic E-state index is 13.5. The molecule has 1 saturated heterocycles. The number of carbonyl (C=O) groups is 3. The fraction of sp³-hybridized carbons (Fsp3) is 0.219. The van der Waals surface area contributed by atoms with Gasteiger partial charge in [-0.15, -0.1) is 0 Å². The number of hydrogen-bond acceptors (Lipinski definition) is 8. The largest absolute Gasteiger partial charge is 0.507 e. The Morgan fingerprint density at radius 2 is 1.60 bits per heavy atom. The molecule has 10 heteroatoms. The van der Waals surface area contributed by atoms with Gasteiger partial charge >= 0.3 is 5.97 Å². The van der Waals surface area contributed by atoms with E-state index in [2.05, 4.69) is 4.98 Å². The minimum atomic E-state index is -0.912. The number of ether oxygens (including phenoxy) is 4. The Hall–Kier alpha value is -5.25. The molecule has 4 aromatic rings. The van der Waals surface area contributed by atoms with Crippen LogP contribution in [0.4, 0.5) is 0 Å². The van der Waals surface area contributed by atoms with Gasteiger partial charge in [-0.3, -0.25) is 9.59 Å². The zero-order valence-corrected chi connectivity index (χ0v) is 23.6. The van der Waals surface area contributed by atoms with E-state index in [1.54, 1.807) is 49.6 Å². The standard InChI is InChI=1S/C32H30N2O8/c1-39-22-10-11-24-23(16-22)21(17-33-24)13-14-34-28(18-5-7-19(8-6-18)32(38)42-4)27(30(36)31(34)37)29(35)20-9-12-25(40-2)26(15-20)41-3/h5-12,15-17,28,33,35H,13-14H2,1-4H3/b29-27-. The minimum Gasteiger partial charge on any atom is -0.507 e. The van der Waals surface area contributed by atoms with E-state index in [-0.39, 0.29) is 23.4 Å². The molecule has 0 aliphatic carbocycles. The van der Waals surface area contributed by atoms with Crippen LogP contribution in [0.3, 0.4) is 0 Å². The summed E-state index contributed by atoms with van der Waals surface area (Å²) < 4.78 is 20.8. The van der Waals surface area contributed by atoms with Gasteiger partial charge in [0.1, 0.15) is 11.5 Å². The SMILES string of the molecule is COC(=O)c1ccc(C2/C(=C(/O)c3ccc(OC)c(OC)c3)C(=O)C(=O)N2CCc2c[nH]c3ccc(OC)cc23)cc1. The summed E-state index contributed by atoms with van der Waals surface area (Å²) in [5, 5.41) is 12.4. The van der Waals surface area contributed by atoms with E-state index in [0.29, 0.717) is 34.8 Å². The molecule has 1 fully saturated rings. The molecule has 2 heterocycles. The van der Waals surface area contributed by atoms with Crippen LogP contribution in [0.5, 0.6) is 17.2 Å². The molecule has 2 N–H and O–H groups in total. The van der Waals surface area contributed by atoms with Gasteiger partial charge in [0.2, 0.25) is 0 Å². The first-order valence-electron chi connectivity index (χ1n) is 13.1. The van der Waals surface area contributed by atoms with E-state index in [0.717, 1.165) is 16.5 Å². The second kappa shape index (κ2) is 11.7. The molecule has 216 valence electrons. The number of likely N-dealkylation sites (tertiary alicyclic amines) is 1. The number of ketones is 1. The number of amides is 1. The summed E-state index contributed by atoms with van der Waals surface area (Å²) in [5.41, 5.74) is 2.92. The van der Waals surface area contributed by atoms with E-state index in [9.17, 15) is 19.5 Å². The lowest BCUT2D eigenvalue weighted by Gasteiger charge is -2.25. The number of aliphatic hydroxyl groups is 1. The van der Waals surface area contributed by atoms with E-state index < -0.39 is 23.7 Å². The monoisotopic (exact) mass is 570 g/mol. The van der Waals surface area contributed by atoms with E-state index in [1.165, 1.54) is 26.2 Å². The molecule has 1 atom stereocenters. The topological polar surface area (TPSA) is 127 Å². The van der Waals surface area contributed by atoms with Crippen molar-refractivity contribution in [2.24, 2.45) is 0 Å². The first-order valence-corrected chi connectivity index (χ1v) is 13.1. The number of aromatic nitrogens is 1. The molecule has 3 aromatic carbocycles. The molecule has 10 nitrogen and oxygen atoms in total. The first-order chi connectivity index (χ1) is 20.3. The van der Waals surface area contributed by atoms with Crippen molar-refractivity contribution in [2.45, 2.75) is 12.5 Å². The van der Waals surface area contributed by atoms with E-state index in [4.69, 9.17) is 18.9 Å². The summed E-state index contributed by atoms with van der Waals surface area (Å²) in [5.74, 6) is -0.929. The van der Waals surface area contributed by atoms with Gasteiger partial charge in [0.15, 0.2) is 11.5 Å².